The molecule has 0 unspecified atom stereocenters. The molecule has 1 fully saturated rings. The Labute approximate surface area is 126 Å². The average Bonchev–Trinajstić information content (AvgIpc) is 2.96. The van der Waals surface area contributed by atoms with E-state index >= 15 is 0 Å². The average molecular weight is 304 g/mol. The first kappa shape index (κ1) is 14.4. The lowest BCUT2D eigenvalue weighted by Gasteiger charge is -2.08. The van der Waals surface area contributed by atoms with Crippen LogP contribution < -0.4 is 4.74 Å². The number of hydrogen-bond acceptors (Lipinski definition) is 6. The fraction of sp³-hybridized carbons (Fsp3) is 0.375. The van der Waals surface area contributed by atoms with E-state index in [2.05, 4.69) is 0 Å². The predicted molar refractivity (Wildman–Crippen MR) is 76.9 cm³/mol. The lowest BCUT2D eigenvalue weighted by Crippen LogP contribution is -2.22. The summed E-state index contributed by atoms with van der Waals surface area (Å²) in [7, 11) is 1.54. The van der Waals surface area contributed by atoms with Gasteiger partial charge in [0.15, 0.2) is 0 Å². The molecule has 2 atom stereocenters. The molecule has 1 saturated heterocycles. The number of hydrogen-bond donors (Lipinski definition) is 0. The van der Waals surface area contributed by atoms with Crippen LogP contribution in [0.3, 0.4) is 0 Å². The van der Waals surface area contributed by atoms with E-state index in [9.17, 15) is 9.59 Å². The highest BCUT2D eigenvalue weighted by molar-refractivity contribution is 6.05. The summed E-state index contributed by atoms with van der Waals surface area (Å²) in [4.78, 5) is 24.0. The van der Waals surface area contributed by atoms with E-state index in [1.807, 2.05) is 0 Å². The van der Waals surface area contributed by atoms with Crippen LogP contribution in [0.2, 0.25) is 0 Å². The second kappa shape index (κ2) is 5.36. The van der Waals surface area contributed by atoms with Crippen LogP contribution in [0, 0.1) is 6.92 Å². The Bertz CT molecular complexity index is 744. The topological polar surface area (TPSA) is 75.0 Å². The fourth-order valence-electron chi connectivity index (χ4n) is 2.58. The van der Waals surface area contributed by atoms with Gasteiger partial charge in [0, 0.05) is 11.8 Å². The molecule has 1 aromatic carbocycles. The summed E-state index contributed by atoms with van der Waals surface area (Å²) in [5.74, 6) is -0.0617. The summed E-state index contributed by atoms with van der Waals surface area (Å²) in [6, 6.07) is 5.18. The van der Waals surface area contributed by atoms with Gasteiger partial charge in [0.1, 0.15) is 28.8 Å². The normalized spacial score (nSPS) is 21.0. The van der Waals surface area contributed by atoms with Crippen LogP contribution in [-0.4, -0.2) is 31.3 Å². The molecule has 0 N–H and O–H groups in total. The molecule has 22 heavy (non-hydrogen) atoms. The van der Waals surface area contributed by atoms with Crippen molar-refractivity contribution >= 4 is 22.9 Å². The van der Waals surface area contributed by atoms with Gasteiger partial charge in [0.25, 0.3) is 0 Å². The number of fused-ring (bicyclic) bond motifs is 1. The molecule has 0 amide bonds. The quantitative estimate of drug-likeness (QED) is 0.811. The summed E-state index contributed by atoms with van der Waals surface area (Å²) >= 11 is 0. The van der Waals surface area contributed by atoms with Crippen molar-refractivity contribution in [2.75, 3.05) is 7.11 Å². The fourth-order valence-corrected chi connectivity index (χ4v) is 2.58. The number of benzene rings is 1. The van der Waals surface area contributed by atoms with Crippen molar-refractivity contribution in [3.05, 3.63) is 29.5 Å². The summed E-state index contributed by atoms with van der Waals surface area (Å²) in [5, 5.41) is 0.598. The third kappa shape index (κ3) is 2.41. The minimum absolute atomic E-state index is 0.243. The van der Waals surface area contributed by atoms with E-state index in [1.54, 1.807) is 39.2 Å². The highest BCUT2D eigenvalue weighted by Gasteiger charge is 2.36. The minimum Gasteiger partial charge on any atom is -0.497 e. The van der Waals surface area contributed by atoms with E-state index in [0.717, 1.165) is 0 Å². The van der Waals surface area contributed by atoms with Crippen molar-refractivity contribution in [3.8, 4) is 5.75 Å². The van der Waals surface area contributed by atoms with E-state index in [4.69, 9.17) is 18.6 Å². The number of esters is 2. The van der Waals surface area contributed by atoms with Crippen molar-refractivity contribution < 1.29 is 28.2 Å². The number of furan rings is 1. The number of cyclic esters (lactones) is 1. The molecule has 6 nitrogen and oxygen atoms in total. The van der Waals surface area contributed by atoms with Gasteiger partial charge in [0.05, 0.1) is 7.11 Å². The van der Waals surface area contributed by atoms with Gasteiger partial charge >= 0.3 is 11.9 Å². The molecule has 2 heterocycles. The molecule has 2 aromatic rings. The van der Waals surface area contributed by atoms with Gasteiger partial charge in [-0.05, 0) is 32.0 Å². The van der Waals surface area contributed by atoms with Gasteiger partial charge in [-0.3, -0.25) is 0 Å². The van der Waals surface area contributed by atoms with E-state index in [1.165, 1.54) is 0 Å². The Balaban J connectivity index is 1.93. The lowest BCUT2D eigenvalue weighted by atomic mass is 10.1. The van der Waals surface area contributed by atoms with Crippen LogP contribution in [0.5, 0.6) is 5.75 Å². The molecular formula is C16H16O6. The number of ether oxygens (including phenoxy) is 3. The second-order valence-corrected chi connectivity index (χ2v) is 5.27. The van der Waals surface area contributed by atoms with Crippen molar-refractivity contribution in [1.82, 2.24) is 0 Å². The number of aryl methyl sites for hydroxylation is 1. The number of carbonyl (C=O) groups is 2. The van der Waals surface area contributed by atoms with Gasteiger partial charge in [-0.15, -0.1) is 0 Å². The first-order chi connectivity index (χ1) is 10.5. The molecule has 0 bridgehead atoms. The van der Waals surface area contributed by atoms with Crippen LogP contribution in [0.15, 0.2) is 22.6 Å². The maximum Gasteiger partial charge on any atom is 0.347 e. The molecule has 6 heteroatoms. The van der Waals surface area contributed by atoms with Crippen molar-refractivity contribution in [2.45, 2.75) is 32.5 Å². The standard InChI is InChI=1S/C16H16O6/c1-8-6-13(15(17)20-8)22-16(18)14-9(2)21-12-5-4-10(19-3)7-11(12)14/h4-5,7-8,13H,6H2,1-3H3/t8-,13-/m1/s1. The Morgan fingerprint density at radius 3 is 2.77 bits per heavy atom. The number of methoxy groups -OCH3 is 1. The second-order valence-electron chi connectivity index (χ2n) is 5.27. The Morgan fingerprint density at radius 2 is 2.14 bits per heavy atom. The summed E-state index contributed by atoms with van der Waals surface area (Å²) in [6.07, 6.45) is -0.743. The number of rotatable bonds is 3. The van der Waals surface area contributed by atoms with Gasteiger partial charge in [-0.1, -0.05) is 0 Å². The van der Waals surface area contributed by atoms with Crippen LogP contribution >= 0.6 is 0 Å². The van der Waals surface area contributed by atoms with Crippen LogP contribution in [-0.2, 0) is 14.3 Å². The molecule has 0 aliphatic carbocycles. The first-order valence-corrected chi connectivity index (χ1v) is 6.98. The van der Waals surface area contributed by atoms with Crippen LogP contribution in [0.4, 0.5) is 0 Å². The van der Waals surface area contributed by atoms with E-state index < -0.39 is 18.0 Å². The van der Waals surface area contributed by atoms with Crippen molar-refractivity contribution in [1.29, 1.82) is 0 Å². The summed E-state index contributed by atoms with van der Waals surface area (Å²) in [5.41, 5.74) is 0.869. The number of carbonyl (C=O) groups excluding carboxylic acids is 2. The van der Waals surface area contributed by atoms with Gasteiger partial charge < -0.3 is 18.6 Å². The highest BCUT2D eigenvalue weighted by atomic mass is 16.6. The molecule has 0 spiro atoms. The molecular weight excluding hydrogens is 288 g/mol. The molecule has 1 aliphatic rings. The third-order valence-corrected chi connectivity index (χ3v) is 3.65. The molecule has 0 saturated carbocycles. The molecule has 116 valence electrons. The molecule has 3 rings (SSSR count). The van der Waals surface area contributed by atoms with Crippen molar-refractivity contribution in [2.24, 2.45) is 0 Å². The summed E-state index contributed by atoms with van der Waals surface area (Å²) < 4.78 is 21.0. The zero-order valence-corrected chi connectivity index (χ0v) is 12.5. The molecule has 0 radical (unpaired) electrons. The van der Waals surface area contributed by atoms with Gasteiger partial charge in [-0.25, -0.2) is 9.59 Å². The van der Waals surface area contributed by atoms with Crippen molar-refractivity contribution in [3.63, 3.8) is 0 Å². The third-order valence-electron chi connectivity index (χ3n) is 3.65. The monoisotopic (exact) mass is 304 g/mol. The molecule has 1 aromatic heterocycles. The van der Waals surface area contributed by atoms with E-state index in [0.29, 0.717) is 34.5 Å². The molecule has 1 aliphatic heterocycles. The Morgan fingerprint density at radius 1 is 1.36 bits per heavy atom. The highest BCUT2D eigenvalue weighted by Crippen LogP contribution is 2.30. The first-order valence-electron chi connectivity index (χ1n) is 6.98. The smallest absolute Gasteiger partial charge is 0.347 e. The van der Waals surface area contributed by atoms with Crippen LogP contribution in [0.1, 0.15) is 29.5 Å². The van der Waals surface area contributed by atoms with Crippen LogP contribution in [0.25, 0.3) is 11.0 Å². The van der Waals surface area contributed by atoms with Gasteiger partial charge in [0.2, 0.25) is 6.10 Å². The SMILES string of the molecule is COc1ccc2oc(C)c(C(=O)O[C@@H]3C[C@@H](C)OC3=O)c2c1. The Hall–Kier alpha value is -2.50. The zero-order chi connectivity index (χ0) is 15.9. The van der Waals surface area contributed by atoms with E-state index in [-0.39, 0.29) is 6.10 Å². The minimum atomic E-state index is -0.863. The maximum atomic E-state index is 12.4. The predicted octanol–water partition coefficient (Wildman–Crippen LogP) is 2.61. The summed E-state index contributed by atoms with van der Waals surface area (Å²) in [6.45, 7) is 3.44. The Kier molecular flexibility index (Phi) is 3.52. The van der Waals surface area contributed by atoms with Gasteiger partial charge in [-0.2, -0.15) is 0 Å². The maximum absolute atomic E-state index is 12.4. The zero-order valence-electron chi connectivity index (χ0n) is 12.5. The largest absolute Gasteiger partial charge is 0.497 e. The lowest BCUT2D eigenvalue weighted by molar-refractivity contribution is -0.147.